The molecule has 9 nitrogen and oxygen atoms in total. The van der Waals surface area contributed by atoms with Gasteiger partial charge in [-0.05, 0) is 25.0 Å². The van der Waals surface area contributed by atoms with Crippen LogP contribution in [-0.4, -0.2) is 69.7 Å². The number of alkyl halides is 5. The van der Waals surface area contributed by atoms with Crippen molar-refractivity contribution in [3.8, 4) is 0 Å². The van der Waals surface area contributed by atoms with E-state index < -0.39 is 59.0 Å². The fourth-order valence-corrected chi connectivity index (χ4v) is 5.09. The summed E-state index contributed by atoms with van der Waals surface area (Å²) in [6, 6.07) is 2.69. The third-order valence-electron chi connectivity index (χ3n) is 6.66. The van der Waals surface area contributed by atoms with Crippen LogP contribution in [-0.2, 0) is 6.18 Å². The van der Waals surface area contributed by atoms with Crippen molar-refractivity contribution in [3.05, 3.63) is 61.9 Å². The molecule has 1 aromatic heterocycles. The van der Waals surface area contributed by atoms with Gasteiger partial charge < -0.3 is 15.1 Å². The number of carbonyl (C=O) groups excluding carboxylic acids is 2. The molecule has 0 radical (unpaired) electrons. The van der Waals surface area contributed by atoms with Crippen molar-refractivity contribution in [2.75, 3.05) is 31.5 Å². The van der Waals surface area contributed by atoms with Gasteiger partial charge in [-0.25, -0.2) is 8.78 Å². The van der Waals surface area contributed by atoms with Gasteiger partial charge in [-0.2, -0.15) is 13.2 Å². The maximum atomic E-state index is 13.6. The standard InChI is InChI=1S/C24H23BrF5N5O4/c25-16-9-18(22(37)33-6-3-23(26,27)4-7-33)20(19(10-16)35(38)39)32-17-2-1-5-34(13-17)21(36)14-8-15(12-31-11-14)24(28,29)30/h8-12,17,32H,1-7,13H2/t17-/m1/s1. The molecule has 1 N–H and O–H groups in total. The molecule has 2 aliphatic heterocycles. The van der Waals surface area contributed by atoms with Crippen molar-refractivity contribution in [3.63, 3.8) is 0 Å². The first-order valence-electron chi connectivity index (χ1n) is 12.0. The largest absolute Gasteiger partial charge is 0.417 e. The predicted octanol–water partition coefficient (Wildman–Crippen LogP) is 5.36. The molecule has 1 atom stereocenters. The van der Waals surface area contributed by atoms with Gasteiger partial charge in [0.1, 0.15) is 5.69 Å². The van der Waals surface area contributed by atoms with Gasteiger partial charge in [-0.3, -0.25) is 24.7 Å². The van der Waals surface area contributed by atoms with E-state index in [0.717, 1.165) is 6.20 Å². The van der Waals surface area contributed by atoms with Crippen LogP contribution >= 0.6 is 15.9 Å². The molecule has 2 aliphatic rings. The van der Waals surface area contributed by atoms with Gasteiger partial charge in [0, 0.05) is 68.0 Å². The number of anilines is 1. The van der Waals surface area contributed by atoms with Crippen LogP contribution in [0.15, 0.2) is 35.1 Å². The van der Waals surface area contributed by atoms with E-state index in [1.165, 1.54) is 21.9 Å². The average molecular weight is 620 g/mol. The highest BCUT2D eigenvalue weighted by Gasteiger charge is 2.38. The molecule has 0 bridgehead atoms. The summed E-state index contributed by atoms with van der Waals surface area (Å²) < 4.78 is 66.8. The summed E-state index contributed by atoms with van der Waals surface area (Å²) in [5, 5.41) is 14.9. The van der Waals surface area contributed by atoms with Gasteiger partial charge in [0.2, 0.25) is 0 Å². The van der Waals surface area contributed by atoms with Crippen LogP contribution < -0.4 is 5.32 Å². The van der Waals surface area contributed by atoms with Crippen LogP contribution in [0.25, 0.3) is 0 Å². The number of nitro groups is 1. The maximum absolute atomic E-state index is 13.6. The summed E-state index contributed by atoms with van der Waals surface area (Å²) in [4.78, 5) is 43.5. The molecule has 2 fully saturated rings. The van der Waals surface area contributed by atoms with E-state index in [-0.39, 0.29) is 47.5 Å². The topological polar surface area (TPSA) is 109 Å². The Kier molecular flexibility index (Phi) is 8.09. The fraction of sp³-hybridized carbons (Fsp3) is 0.458. The van der Waals surface area contributed by atoms with Crippen LogP contribution in [0.1, 0.15) is 52.0 Å². The Morgan fingerprint density at radius 2 is 1.77 bits per heavy atom. The Morgan fingerprint density at radius 1 is 1.08 bits per heavy atom. The fourth-order valence-electron chi connectivity index (χ4n) is 4.64. The lowest BCUT2D eigenvalue weighted by Crippen LogP contribution is -2.46. The van der Waals surface area contributed by atoms with Gasteiger partial charge in [-0.15, -0.1) is 0 Å². The minimum absolute atomic E-state index is 0.00807. The molecule has 0 aliphatic carbocycles. The predicted molar refractivity (Wildman–Crippen MR) is 133 cm³/mol. The van der Waals surface area contributed by atoms with E-state index in [4.69, 9.17) is 0 Å². The molecule has 2 aromatic rings. The van der Waals surface area contributed by atoms with Crippen molar-refractivity contribution >= 4 is 39.1 Å². The monoisotopic (exact) mass is 619 g/mol. The van der Waals surface area contributed by atoms with E-state index in [9.17, 15) is 41.7 Å². The van der Waals surface area contributed by atoms with E-state index in [1.54, 1.807) is 0 Å². The van der Waals surface area contributed by atoms with Crippen molar-refractivity contribution in [2.45, 2.75) is 43.8 Å². The summed E-state index contributed by atoms with van der Waals surface area (Å²) in [6.07, 6.45) is -3.20. The number of benzene rings is 1. The lowest BCUT2D eigenvalue weighted by atomic mass is 10.0. The van der Waals surface area contributed by atoms with E-state index in [0.29, 0.717) is 25.1 Å². The van der Waals surface area contributed by atoms with Crippen molar-refractivity contribution < 1.29 is 36.5 Å². The zero-order valence-corrected chi connectivity index (χ0v) is 21.9. The molecule has 0 spiro atoms. The van der Waals surface area contributed by atoms with Crippen molar-refractivity contribution in [2.24, 2.45) is 0 Å². The number of amides is 2. The number of nitrogens with zero attached hydrogens (tertiary/aromatic N) is 4. The van der Waals surface area contributed by atoms with Crippen LogP contribution in [0, 0.1) is 10.1 Å². The minimum atomic E-state index is -4.68. The molecule has 39 heavy (non-hydrogen) atoms. The molecule has 3 heterocycles. The number of hydrogen-bond acceptors (Lipinski definition) is 6. The minimum Gasteiger partial charge on any atom is -0.374 e. The zero-order chi connectivity index (χ0) is 28.5. The van der Waals surface area contributed by atoms with Crippen LogP contribution in [0.3, 0.4) is 0 Å². The third-order valence-corrected chi connectivity index (χ3v) is 7.12. The van der Waals surface area contributed by atoms with Gasteiger partial charge in [-0.1, -0.05) is 15.9 Å². The summed E-state index contributed by atoms with van der Waals surface area (Å²) in [5.74, 6) is -4.24. The average Bonchev–Trinajstić information content (AvgIpc) is 2.88. The van der Waals surface area contributed by atoms with Crippen LogP contribution in [0.2, 0.25) is 0 Å². The third kappa shape index (κ3) is 6.62. The maximum Gasteiger partial charge on any atom is 0.417 e. The van der Waals surface area contributed by atoms with Gasteiger partial charge in [0.25, 0.3) is 23.4 Å². The Labute approximate surface area is 227 Å². The second-order valence-electron chi connectivity index (χ2n) is 9.45. The van der Waals surface area contributed by atoms with E-state index >= 15 is 0 Å². The number of pyridine rings is 1. The molecular formula is C24H23BrF5N5O4. The number of nitrogens with one attached hydrogen (secondary N) is 1. The molecule has 210 valence electrons. The Balaban J connectivity index is 1.58. The van der Waals surface area contributed by atoms with Gasteiger partial charge >= 0.3 is 6.18 Å². The Bertz CT molecular complexity index is 1280. The van der Waals surface area contributed by atoms with Crippen LogP contribution in [0.5, 0.6) is 0 Å². The highest BCUT2D eigenvalue weighted by molar-refractivity contribution is 9.10. The summed E-state index contributed by atoms with van der Waals surface area (Å²) in [7, 11) is 0. The number of nitro benzene ring substituents is 1. The first-order valence-corrected chi connectivity index (χ1v) is 12.8. The molecule has 1 aromatic carbocycles. The quantitative estimate of drug-likeness (QED) is 0.274. The van der Waals surface area contributed by atoms with E-state index in [1.807, 2.05) is 0 Å². The number of carbonyl (C=O) groups is 2. The summed E-state index contributed by atoms with van der Waals surface area (Å²) >= 11 is 3.16. The van der Waals surface area contributed by atoms with Crippen molar-refractivity contribution in [1.29, 1.82) is 0 Å². The molecule has 2 saturated heterocycles. The van der Waals surface area contributed by atoms with Gasteiger partial charge in [0.15, 0.2) is 0 Å². The number of likely N-dealkylation sites (tertiary alicyclic amines) is 2. The second-order valence-corrected chi connectivity index (χ2v) is 10.4. The number of aromatic nitrogens is 1. The highest BCUT2D eigenvalue weighted by atomic mass is 79.9. The number of rotatable bonds is 5. The number of halogens is 6. The second kappa shape index (κ2) is 11.0. The van der Waals surface area contributed by atoms with Crippen LogP contribution in [0.4, 0.5) is 33.3 Å². The summed E-state index contributed by atoms with van der Waals surface area (Å²) in [5.41, 5.74) is -1.96. The Hall–Kier alpha value is -3.36. The number of piperidine rings is 2. The lowest BCUT2D eigenvalue weighted by Gasteiger charge is -2.35. The first-order chi connectivity index (χ1) is 18.2. The lowest BCUT2D eigenvalue weighted by molar-refractivity contribution is -0.384. The normalized spacial score (nSPS) is 19.5. The SMILES string of the molecule is O=C(c1cncc(C(F)(F)F)c1)N1CCC[C@@H](Nc2c(C(=O)N3CCC(F)(F)CC3)cc(Br)cc2[N+](=O)[O-])C1. The summed E-state index contributed by atoms with van der Waals surface area (Å²) in [6.45, 7) is -0.208. The smallest absolute Gasteiger partial charge is 0.374 e. The first kappa shape index (κ1) is 28.6. The molecule has 15 heteroatoms. The molecular weight excluding hydrogens is 597 g/mol. The highest BCUT2D eigenvalue weighted by Crippen LogP contribution is 2.36. The molecule has 4 rings (SSSR count). The van der Waals surface area contributed by atoms with E-state index in [2.05, 4.69) is 26.2 Å². The molecule has 2 amide bonds. The van der Waals surface area contributed by atoms with Gasteiger partial charge in [0.05, 0.1) is 21.6 Å². The zero-order valence-electron chi connectivity index (χ0n) is 20.3. The molecule has 0 saturated carbocycles. The Morgan fingerprint density at radius 3 is 2.41 bits per heavy atom. The number of hydrogen-bond donors (Lipinski definition) is 1. The molecule has 0 unspecified atom stereocenters. The van der Waals surface area contributed by atoms with Crippen molar-refractivity contribution in [1.82, 2.24) is 14.8 Å².